The van der Waals surface area contributed by atoms with E-state index in [-0.39, 0.29) is 10.7 Å². The molecule has 0 heterocycles. The summed E-state index contributed by atoms with van der Waals surface area (Å²) in [4.78, 5) is 10.2. The number of hydrogen-bond acceptors (Lipinski definition) is 5. The van der Waals surface area contributed by atoms with E-state index in [0.717, 1.165) is 24.1 Å². The molecular weight excluding hydrogens is 354 g/mol. The van der Waals surface area contributed by atoms with Crippen LogP contribution in [-0.2, 0) is 6.54 Å². The minimum atomic E-state index is -0.500. The summed E-state index contributed by atoms with van der Waals surface area (Å²) in [6, 6.07) is 11.8. The largest absolute Gasteiger partial charge is 0.330 e. The first-order valence-corrected chi connectivity index (χ1v) is 8.58. The van der Waals surface area contributed by atoms with Crippen LogP contribution < -0.4 is 5.32 Å². The zero-order valence-corrected chi connectivity index (χ0v) is 15.9. The van der Waals surface area contributed by atoms with Gasteiger partial charge in [-0.05, 0) is 23.8 Å². The van der Waals surface area contributed by atoms with Crippen molar-refractivity contribution in [1.82, 2.24) is 5.32 Å². The molecule has 1 N–H and O–H groups in total. The van der Waals surface area contributed by atoms with Gasteiger partial charge in [0.15, 0.2) is 0 Å². The summed E-state index contributed by atoms with van der Waals surface area (Å²) in [7, 11) is 6.50. The van der Waals surface area contributed by atoms with Gasteiger partial charge >= 0.3 is 0 Å². The van der Waals surface area contributed by atoms with Crippen molar-refractivity contribution in [2.75, 3.05) is 34.2 Å². The SMILES string of the molecule is C[N+](C)(C)CCNCc1ccc(N=Nc2ccc([N+](=O)[O-])cc2Cl)cc1. The summed E-state index contributed by atoms with van der Waals surface area (Å²) in [5, 5.41) is 22.5. The quantitative estimate of drug-likeness (QED) is 0.243. The van der Waals surface area contributed by atoms with E-state index in [2.05, 4.69) is 36.7 Å². The van der Waals surface area contributed by atoms with E-state index >= 15 is 0 Å². The lowest BCUT2D eigenvalue weighted by atomic mass is 10.2. The molecule has 0 atom stereocenters. The van der Waals surface area contributed by atoms with Crippen LogP contribution in [0.1, 0.15) is 5.56 Å². The fourth-order valence-corrected chi connectivity index (χ4v) is 2.34. The van der Waals surface area contributed by atoms with Gasteiger partial charge in [-0.25, -0.2) is 0 Å². The Labute approximate surface area is 158 Å². The second-order valence-electron chi connectivity index (χ2n) is 6.95. The van der Waals surface area contributed by atoms with Crippen LogP contribution >= 0.6 is 11.6 Å². The number of nitro groups is 1. The second kappa shape index (κ2) is 8.84. The zero-order chi connectivity index (χ0) is 19.2. The molecule has 0 unspecified atom stereocenters. The summed E-state index contributed by atoms with van der Waals surface area (Å²) in [5.41, 5.74) is 2.17. The van der Waals surface area contributed by atoms with Crippen molar-refractivity contribution in [3.8, 4) is 0 Å². The van der Waals surface area contributed by atoms with Crippen LogP contribution in [0.15, 0.2) is 52.7 Å². The fourth-order valence-electron chi connectivity index (χ4n) is 2.13. The molecule has 0 aliphatic rings. The van der Waals surface area contributed by atoms with Gasteiger partial charge in [-0.1, -0.05) is 23.7 Å². The number of likely N-dealkylation sites (N-methyl/N-ethyl adjacent to an activating group) is 1. The molecule has 0 bridgehead atoms. The van der Waals surface area contributed by atoms with Gasteiger partial charge in [-0.2, -0.15) is 5.11 Å². The third-order valence-corrected chi connectivity index (χ3v) is 3.94. The lowest BCUT2D eigenvalue weighted by molar-refractivity contribution is -0.869. The average molecular weight is 377 g/mol. The Kier molecular flexibility index (Phi) is 6.79. The lowest BCUT2D eigenvalue weighted by Gasteiger charge is -2.23. The average Bonchev–Trinajstić information content (AvgIpc) is 2.57. The first-order valence-electron chi connectivity index (χ1n) is 8.20. The minimum absolute atomic E-state index is 0.0731. The van der Waals surface area contributed by atoms with Crippen molar-refractivity contribution in [1.29, 1.82) is 0 Å². The van der Waals surface area contributed by atoms with E-state index in [4.69, 9.17) is 11.6 Å². The molecule has 2 aromatic rings. The predicted molar refractivity (Wildman–Crippen MR) is 103 cm³/mol. The Morgan fingerprint density at radius 3 is 2.38 bits per heavy atom. The highest BCUT2D eigenvalue weighted by Gasteiger charge is 2.09. The number of halogens is 1. The van der Waals surface area contributed by atoms with Crippen molar-refractivity contribution < 1.29 is 9.41 Å². The number of azo groups is 1. The van der Waals surface area contributed by atoms with E-state index in [9.17, 15) is 10.1 Å². The molecule has 0 amide bonds. The van der Waals surface area contributed by atoms with Gasteiger partial charge < -0.3 is 9.80 Å². The Hall–Kier alpha value is -2.35. The summed E-state index contributed by atoms with van der Waals surface area (Å²) in [6.07, 6.45) is 0. The second-order valence-corrected chi connectivity index (χ2v) is 7.36. The van der Waals surface area contributed by atoms with Gasteiger partial charge in [0.2, 0.25) is 0 Å². The van der Waals surface area contributed by atoms with Crippen LogP contribution in [0, 0.1) is 10.1 Å². The van der Waals surface area contributed by atoms with Crippen LogP contribution in [-0.4, -0.2) is 43.6 Å². The molecular formula is C18H23ClN5O2+. The van der Waals surface area contributed by atoms with E-state index in [0.29, 0.717) is 11.4 Å². The Bertz CT molecular complexity index is 785. The maximum atomic E-state index is 10.7. The number of rotatable bonds is 8. The summed E-state index contributed by atoms with van der Waals surface area (Å²) >= 11 is 6.00. The van der Waals surface area contributed by atoms with E-state index in [1.807, 2.05) is 24.3 Å². The van der Waals surface area contributed by atoms with Gasteiger partial charge in [-0.15, -0.1) is 5.11 Å². The van der Waals surface area contributed by atoms with E-state index < -0.39 is 4.92 Å². The number of hydrogen-bond donors (Lipinski definition) is 1. The number of nitrogens with zero attached hydrogens (tertiary/aromatic N) is 4. The molecule has 8 heteroatoms. The third-order valence-electron chi connectivity index (χ3n) is 3.64. The number of quaternary nitrogens is 1. The van der Waals surface area contributed by atoms with Crippen molar-refractivity contribution in [2.24, 2.45) is 10.2 Å². The number of nitrogens with one attached hydrogen (secondary N) is 1. The first kappa shape index (κ1) is 20.0. The Balaban J connectivity index is 1.92. The van der Waals surface area contributed by atoms with Gasteiger partial charge in [0.05, 0.1) is 43.3 Å². The topological polar surface area (TPSA) is 79.9 Å². The highest BCUT2D eigenvalue weighted by molar-refractivity contribution is 6.33. The summed E-state index contributed by atoms with van der Waals surface area (Å²) in [6.45, 7) is 2.80. The van der Waals surface area contributed by atoms with Crippen LogP contribution in [0.4, 0.5) is 17.1 Å². The normalized spacial score (nSPS) is 11.8. The highest BCUT2D eigenvalue weighted by atomic mass is 35.5. The number of benzene rings is 2. The maximum Gasteiger partial charge on any atom is 0.271 e. The van der Waals surface area contributed by atoms with Gasteiger partial charge in [0, 0.05) is 25.2 Å². The van der Waals surface area contributed by atoms with E-state index in [1.54, 1.807) is 0 Å². The molecule has 0 spiro atoms. The fraction of sp³-hybridized carbons (Fsp3) is 0.333. The number of nitro benzene ring substituents is 1. The van der Waals surface area contributed by atoms with Crippen molar-refractivity contribution in [2.45, 2.75) is 6.54 Å². The van der Waals surface area contributed by atoms with Crippen LogP contribution in [0.3, 0.4) is 0 Å². The molecule has 2 rings (SSSR count). The van der Waals surface area contributed by atoms with Gasteiger partial charge in [-0.3, -0.25) is 10.1 Å². The summed E-state index contributed by atoms with van der Waals surface area (Å²) < 4.78 is 0.928. The van der Waals surface area contributed by atoms with Crippen LogP contribution in [0.2, 0.25) is 5.02 Å². The smallest absolute Gasteiger partial charge is 0.271 e. The third kappa shape index (κ3) is 6.51. The Morgan fingerprint density at radius 1 is 1.12 bits per heavy atom. The van der Waals surface area contributed by atoms with Crippen molar-refractivity contribution >= 4 is 28.7 Å². The molecule has 0 aliphatic heterocycles. The first-order chi connectivity index (χ1) is 12.2. The molecule has 26 heavy (non-hydrogen) atoms. The van der Waals surface area contributed by atoms with Crippen LogP contribution in [0.25, 0.3) is 0 Å². The predicted octanol–water partition coefficient (Wildman–Crippen LogP) is 4.46. The van der Waals surface area contributed by atoms with Crippen LogP contribution in [0.5, 0.6) is 0 Å². The molecule has 0 aliphatic carbocycles. The molecule has 138 valence electrons. The molecule has 2 aromatic carbocycles. The maximum absolute atomic E-state index is 10.7. The molecule has 0 saturated carbocycles. The standard InChI is InChI=1S/C18H23ClN5O2/c1-24(2,3)11-10-20-13-14-4-6-15(7-5-14)21-22-18-9-8-16(23(25)26)12-17(18)19/h4-9,12,20H,10-11,13H2,1-3H3/q+1. The minimum Gasteiger partial charge on any atom is -0.330 e. The Morgan fingerprint density at radius 2 is 1.81 bits per heavy atom. The summed E-state index contributed by atoms with van der Waals surface area (Å²) in [5.74, 6) is 0. The molecule has 7 nitrogen and oxygen atoms in total. The van der Waals surface area contributed by atoms with Crippen molar-refractivity contribution in [3.63, 3.8) is 0 Å². The van der Waals surface area contributed by atoms with Gasteiger partial charge in [0.25, 0.3) is 5.69 Å². The highest BCUT2D eigenvalue weighted by Crippen LogP contribution is 2.30. The van der Waals surface area contributed by atoms with Gasteiger partial charge in [0.1, 0.15) is 5.69 Å². The van der Waals surface area contributed by atoms with Crippen molar-refractivity contribution in [3.05, 3.63) is 63.2 Å². The zero-order valence-electron chi connectivity index (χ0n) is 15.1. The molecule has 0 fully saturated rings. The lowest BCUT2D eigenvalue weighted by Crippen LogP contribution is -2.40. The molecule has 0 aromatic heterocycles. The van der Waals surface area contributed by atoms with E-state index in [1.165, 1.54) is 23.8 Å². The number of non-ortho nitro benzene ring substituents is 1. The molecule has 0 radical (unpaired) electrons. The molecule has 0 saturated heterocycles. The monoisotopic (exact) mass is 376 g/mol.